The van der Waals surface area contributed by atoms with Crippen LogP contribution in [0, 0.1) is 3.57 Å². The van der Waals surface area contributed by atoms with Crippen LogP contribution in [0.3, 0.4) is 0 Å². The average Bonchev–Trinajstić information content (AvgIpc) is 2.47. The number of hydrogen-bond donors (Lipinski definition) is 1. The van der Waals surface area contributed by atoms with Crippen molar-refractivity contribution < 1.29 is 0 Å². The summed E-state index contributed by atoms with van der Waals surface area (Å²) in [7, 11) is 2.02. The fourth-order valence-corrected chi connectivity index (χ4v) is 3.61. The van der Waals surface area contributed by atoms with Crippen molar-refractivity contribution in [3.05, 3.63) is 62.7 Å². The zero-order valence-electron chi connectivity index (χ0n) is 11.3. The van der Waals surface area contributed by atoms with Crippen LogP contribution in [-0.4, -0.2) is 18.8 Å². The van der Waals surface area contributed by atoms with Gasteiger partial charge in [-0.05, 0) is 65.9 Å². The first-order valence-corrected chi connectivity index (χ1v) is 8.92. The summed E-state index contributed by atoms with van der Waals surface area (Å²) in [5.74, 6) is 1.01. The van der Waals surface area contributed by atoms with Crippen LogP contribution >= 0.6 is 46.0 Å². The maximum absolute atomic E-state index is 6.19. The smallest absolute Gasteiger partial charge is 0.0541 e. The van der Waals surface area contributed by atoms with E-state index in [0.717, 1.165) is 22.1 Å². The van der Waals surface area contributed by atoms with Crippen molar-refractivity contribution >= 4 is 46.0 Å². The van der Waals surface area contributed by atoms with Gasteiger partial charge in [-0.2, -0.15) is 0 Å². The van der Waals surface area contributed by atoms with Crippen molar-refractivity contribution in [2.45, 2.75) is 17.4 Å². The fourth-order valence-electron chi connectivity index (χ4n) is 1.90. The summed E-state index contributed by atoms with van der Waals surface area (Å²) >= 11 is 10.3. The summed E-state index contributed by atoms with van der Waals surface area (Å²) in [5, 5.41) is 4.22. The summed E-state index contributed by atoms with van der Waals surface area (Å²) < 4.78 is 1.28. The molecular formula is C16H17ClINS. The highest BCUT2D eigenvalue weighted by molar-refractivity contribution is 14.1. The maximum atomic E-state index is 6.19. The van der Waals surface area contributed by atoms with E-state index in [1.165, 1.54) is 9.13 Å². The molecule has 2 rings (SSSR count). The zero-order chi connectivity index (χ0) is 14.4. The standard InChI is InChI=1S/C16H17ClINS/c1-19-14(10-12-6-8-13(18)9-7-12)11-20-16-5-3-2-4-15(16)17/h2-9,14,19H,10-11H2,1H3. The Kier molecular flexibility index (Phi) is 6.68. The number of hydrogen-bond acceptors (Lipinski definition) is 2. The van der Waals surface area contributed by atoms with Gasteiger partial charge < -0.3 is 5.32 Å². The molecule has 0 aromatic heterocycles. The minimum absolute atomic E-state index is 0.441. The molecular weight excluding hydrogens is 401 g/mol. The van der Waals surface area contributed by atoms with Crippen LogP contribution in [0.15, 0.2) is 53.4 Å². The van der Waals surface area contributed by atoms with Crippen molar-refractivity contribution in [1.29, 1.82) is 0 Å². The molecule has 0 radical (unpaired) electrons. The number of benzene rings is 2. The quantitative estimate of drug-likeness (QED) is 0.532. The summed E-state index contributed by atoms with van der Waals surface area (Å²) in [5.41, 5.74) is 1.37. The molecule has 1 atom stereocenters. The Morgan fingerprint density at radius 3 is 2.50 bits per heavy atom. The first-order chi connectivity index (χ1) is 9.69. The maximum Gasteiger partial charge on any atom is 0.0541 e. The first-order valence-electron chi connectivity index (χ1n) is 6.48. The van der Waals surface area contributed by atoms with Gasteiger partial charge in [-0.25, -0.2) is 0 Å². The number of nitrogens with one attached hydrogen (secondary N) is 1. The highest BCUT2D eigenvalue weighted by Gasteiger charge is 2.09. The highest BCUT2D eigenvalue weighted by Crippen LogP contribution is 2.27. The number of likely N-dealkylation sites (N-methyl/N-ethyl adjacent to an activating group) is 1. The fraction of sp³-hybridized carbons (Fsp3) is 0.250. The van der Waals surface area contributed by atoms with Crippen LogP contribution < -0.4 is 5.32 Å². The molecule has 0 bridgehead atoms. The predicted octanol–water partition coefficient (Wildman–Crippen LogP) is 4.87. The Labute approximate surface area is 143 Å². The minimum Gasteiger partial charge on any atom is -0.316 e. The number of rotatable bonds is 6. The Morgan fingerprint density at radius 1 is 1.15 bits per heavy atom. The topological polar surface area (TPSA) is 12.0 Å². The minimum atomic E-state index is 0.441. The lowest BCUT2D eigenvalue weighted by Crippen LogP contribution is -2.30. The molecule has 1 N–H and O–H groups in total. The van der Waals surface area contributed by atoms with Crippen LogP contribution in [0.2, 0.25) is 5.02 Å². The third-order valence-corrected chi connectivity index (χ3v) is 5.48. The van der Waals surface area contributed by atoms with Crippen LogP contribution in [0.25, 0.3) is 0 Å². The number of thioether (sulfide) groups is 1. The van der Waals surface area contributed by atoms with Gasteiger partial charge in [0.2, 0.25) is 0 Å². The van der Waals surface area contributed by atoms with Gasteiger partial charge in [-0.1, -0.05) is 35.9 Å². The molecule has 0 aliphatic heterocycles. The second-order valence-corrected chi connectivity index (χ2v) is 7.27. The van der Waals surface area contributed by atoms with Crippen molar-refractivity contribution in [1.82, 2.24) is 5.32 Å². The molecule has 0 aliphatic carbocycles. The molecule has 0 saturated heterocycles. The molecule has 2 aromatic rings. The van der Waals surface area contributed by atoms with Crippen LogP contribution in [0.4, 0.5) is 0 Å². The molecule has 0 fully saturated rings. The van der Waals surface area contributed by atoms with Crippen molar-refractivity contribution in [3.63, 3.8) is 0 Å². The molecule has 106 valence electrons. The molecule has 4 heteroatoms. The first kappa shape index (κ1) is 16.1. The van der Waals surface area contributed by atoms with E-state index in [1.54, 1.807) is 11.8 Å². The summed E-state index contributed by atoms with van der Waals surface area (Å²) in [6, 6.07) is 17.2. The van der Waals surface area contributed by atoms with Gasteiger partial charge >= 0.3 is 0 Å². The van der Waals surface area contributed by atoms with E-state index in [1.807, 2.05) is 25.2 Å². The lowest BCUT2D eigenvalue weighted by atomic mass is 10.1. The Bertz CT molecular complexity index is 544. The molecule has 2 aromatic carbocycles. The second kappa shape index (κ2) is 8.27. The Hall–Kier alpha value is -0.230. The van der Waals surface area contributed by atoms with Crippen LogP contribution in [0.1, 0.15) is 5.56 Å². The monoisotopic (exact) mass is 417 g/mol. The van der Waals surface area contributed by atoms with Gasteiger partial charge in [0.25, 0.3) is 0 Å². The lowest BCUT2D eigenvalue weighted by molar-refractivity contribution is 0.617. The van der Waals surface area contributed by atoms with Crippen LogP contribution in [0.5, 0.6) is 0 Å². The van der Waals surface area contributed by atoms with Gasteiger partial charge in [0, 0.05) is 20.3 Å². The predicted molar refractivity (Wildman–Crippen MR) is 97.9 cm³/mol. The largest absolute Gasteiger partial charge is 0.316 e. The molecule has 0 heterocycles. The summed E-state index contributed by atoms with van der Waals surface area (Å²) in [6.07, 6.45) is 1.03. The Balaban J connectivity index is 1.92. The van der Waals surface area contributed by atoms with E-state index >= 15 is 0 Å². The Morgan fingerprint density at radius 2 is 1.85 bits per heavy atom. The van der Waals surface area contributed by atoms with Gasteiger partial charge in [0.15, 0.2) is 0 Å². The van der Waals surface area contributed by atoms with E-state index in [9.17, 15) is 0 Å². The summed E-state index contributed by atoms with van der Waals surface area (Å²) in [6.45, 7) is 0. The van der Waals surface area contributed by atoms with Gasteiger partial charge in [0.1, 0.15) is 0 Å². The van der Waals surface area contributed by atoms with Crippen molar-refractivity contribution in [2.75, 3.05) is 12.8 Å². The molecule has 1 nitrogen and oxygen atoms in total. The molecule has 0 spiro atoms. The normalized spacial score (nSPS) is 12.3. The third kappa shape index (κ3) is 4.95. The van der Waals surface area contributed by atoms with Gasteiger partial charge in [0.05, 0.1) is 5.02 Å². The third-order valence-electron chi connectivity index (χ3n) is 3.08. The average molecular weight is 418 g/mol. The van der Waals surface area contributed by atoms with Gasteiger partial charge in [-0.15, -0.1) is 11.8 Å². The van der Waals surface area contributed by atoms with E-state index < -0.39 is 0 Å². The molecule has 0 saturated carbocycles. The SMILES string of the molecule is CNC(CSc1ccccc1Cl)Cc1ccc(I)cc1. The zero-order valence-corrected chi connectivity index (χ0v) is 15.0. The van der Waals surface area contributed by atoms with E-state index in [2.05, 4.69) is 58.2 Å². The van der Waals surface area contributed by atoms with Gasteiger partial charge in [-0.3, -0.25) is 0 Å². The van der Waals surface area contributed by atoms with Crippen molar-refractivity contribution in [2.24, 2.45) is 0 Å². The lowest BCUT2D eigenvalue weighted by Gasteiger charge is -2.16. The molecule has 20 heavy (non-hydrogen) atoms. The van der Waals surface area contributed by atoms with E-state index in [-0.39, 0.29) is 0 Å². The molecule has 1 unspecified atom stereocenters. The number of halogens is 2. The van der Waals surface area contributed by atoms with E-state index in [0.29, 0.717) is 6.04 Å². The van der Waals surface area contributed by atoms with Crippen molar-refractivity contribution in [3.8, 4) is 0 Å². The second-order valence-electron chi connectivity index (χ2n) is 4.56. The van der Waals surface area contributed by atoms with E-state index in [4.69, 9.17) is 11.6 Å². The summed E-state index contributed by atoms with van der Waals surface area (Å²) in [4.78, 5) is 1.15. The molecule has 0 aliphatic rings. The molecule has 0 amide bonds. The van der Waals surface area contributed by atoms with Crippen LogP contribution in [-0.2, 0) is 6.42 Å². The highest BCUT2D eigenvalue weighted by atomic mass is 127.